The molecule has 1 rings (SSSR count). The summed E-state index contributed by atoms with van der Waals surface area (Å²) >= 11 is 0. The van der Waals surface area contributed by atoms with Crippen molar-refractivity contribution < 1.29 is 9.47 Å². The van der Waals surface area contributed by atoms with Gasteiger partial charge in [0.1, 0.15) is 0 Å². The van der Waals surface area contributed by atoms with Gasteiger partial charge in [-0.2, -0.15) is 0 Å². The number of aliphatic imine (C=N–C) groups is 1. The van der Waals surface area contributed by atoms with Crippen LogP contribution in [0.4, 0.5) is 0 Å². The van der Waals surface area contributed by atoms with Crippen LogP contribution in [0.15, 0.2) is 29.3 Å². The van der Waals surface area contributed by atoms with E-state index in [-0.39, 0.29) is 24.0 Å². The second-order valence-electron chi connectivity index (χ2n) is 4.71. The molecular weight excluding hydrogens is 393 g/mol. The van der Waals surface area contributed by atoms with E-state index < -0.39 is 0 Å². The predicted molar refractivity (Wildman–Crippen MR) is 102 cm³/mol. The van der Waals surface area contributed by atoms with E-state index in [2.05, 4.69) is 53.7 Å². The highest BCUT2D eigenvalue weighted by molar-refractivity contribution is 14.0. The maximum absolute atomic E-state index is 5.41. The van der Waals surface area contributed by atoms with E-state index in [9.17, 15) is 0 Å². The molecule has 0 atom stereocenters. The molecule has 0 radical (unpaired) electrons. The highest BCUT2D eigenvalue weighted by atomic mass is 127. The average molecular weight is 421 g/mol. The van der Waals surface area contributed by atoms with Crippen molar-refractivity contribution in [1.82, 2.24) is 10.6 Å². The average Bonchev–Trinajstić information content (AvgIpc) is 2.49. The van der Waals surface area contributed by atoms with Crippen LogP contribution in [0.25, 0.3) is 0 Å². The maximum Gasteiger partial charge on any atom is 0.191 e. The van der Waals surface area contributed by atoms with E-state index in [0.717, 1.165) is 19.0 Å². The number of rotatable bonds is 9. The molecule has 0 bridgehead atoms. The normalized spacial score (nSPS) is 11.0. The molecule has 0 saturated carbocycles. The lowest BCUT2D eigenvalue weighted by Crippen LogP contribution is -2.39. The van der Waals surface area contributed by atoms with E-state index in [0.29, 0.717) is 26.4 Å². The maximum atomic E-state index is 5.41. The summed E-state index contributed by atoms with van der Waals surface area (Å²) in [5.41, 5.74) is 2.47. The van der Waals surface area contributed by atoms with Gasteiger partial charge in [0.05, 0.1) is 26.4 Å². The molecule has 22 heavy (non-hydrogen) atoms. The molecule has 0 fully saturated rings. The minimum absolute atomic E-state index is 0. The SMILES string of the molecule is CCNC(=NCc1ccc(C)cc1)NCCOCCOC.I. The van der Waals surface area contributed by atoms with Gasteiger partial charge in [0.2, 0.25) is 0 Å². The first-order chi connectivity index (χ1) is 10.3. The number of nitrogens with one attached hydrogen (secondary N) is 2. The molecule has 1 aromatic rings. The minimum Gasteiger partial charge on any atom is -0.382 e. The molecule has 0 saturated heterocycles. The van der Waals surface area contributed by atoms with Crippen molar-refractivity contribution in [2.24, 2.45) is 4.99 Å². The molecule has 5 nitrogen and oxygen atoms in total. The number of halogens is 1. The summed E-state index contributed by atoms with van der Waals surface area (Å²) in [4.78, 5) is 4.56. The fourth-order valence-electron chi connectivity index (χ4n) is 1.69. The van der Waals surface area contributed by atoms with Crippen molar-refractivity contribution in [2.45, 2.75) is 20.4 Å². The van der Waals surface area contributed by atoms with E-state index in [1.54, 1.807) is 7.11 Å². The van der Waals surface area contributed by atoms with Crippen molar-refractivity contribution in [2.75, 3.05) is 40.0 Å². The lowest BCUT2D eigenvalue weighted by atomic mass is 10.1. The number of methoxy groups -OCH3 is 1. The van der Waals surface area contributed by atoms with Gasteiger partial charge in [0, 0.05) is 20.2 Å². The van der Waals surface area contributed by atoms with E-state index in [4.69, 9.17) is 9.47 Å². The van der Waals surface area contributed by atoms with Crippen LogP contribution in [0.1, 0.15) is 18.1 Å². The molecule has 0 aliphatic heterocycles. The summed E-state index contributed by atoms with van der Waals surface area (Å²) < 4.78 is 10.3. The Labute approximate surface area is 150 Å². The third-order valence-electron chi connectivity index (χ3n) is 2.86. The van der Waals surface area contributed by atoms with Gasteiger partial charge in [0.25, 0.3) is 0 Å². The Morgan fingerprint density at radius 2 is 1.82 bits per heavy atom. The Morgan fingerprint density at radius 1 is 1.09 bits per heavy atom. The Morgan fingerprint density at radius 3 is 2.45 bits per heavy atom. The van der Waals surface area contributed by atoms with Crippen molar-refractivity contribution >= 4 is 29.9 Å². The van der Waals surface area contributed by atoms with Gasteiger partial charge in [0.15, 0.2) is 5.96 Å². The monoisotopic (exact) mass is 421 g/mol. The summed E-state index contributed by atoms with van der Waals surface area (Å²) in [5, 5.41) is 6.48. The third kappa shape index (κ3) is 9.97. The zero-order valence-corrected chi connectivity index (χ0v) is 16.1. The van der Waals surface area contributed by atoms with Crippen LogP contribution < -0.4 is 10.6 Å². The number of benzene rings is 1. The van der Waals surface area contributed by atoms with Crippen LogP contribution in [0.5, 0.6) is 0 Å². The molecule has 0 heterocycles. The third-order valence-corrected chi connectivity index (χ3v) is 2.86. The molecule has 6 heteroatoms. The summed E-state index contributed by atoms with van der Waals surface area (Å²) in [6.07, 6.45) is 0. The number of hydrogen-bond donors (Lipinski definition) is 2. The van der Waals surface area contributed by atoms with Crippen LogP contribution in [-0.4, -0.2) is 46.0 Å². The highest BCUT2D eigenvalue weighted by Gasteiger charge is 1.97. The second kappa shape index (κ2) is 13.8. The van der Waals surface area contributed by atoms with Crippen molar-refractivity contribution in [1.29, 1.82) is 0 Å². The lowest BCUT2D eigenvalue weighted by molar-refractivity contribution is 0.0733. The fraction of sp³-hybridized carbons (Fsp3) is 0.562. The first kappa shape index (κ1) is 21.1. The zero-order chi connectivity index (χ0) is 15.3. The number of guanidine groups is 1. The standard InChI is InChI=1S/C16H27N3O2.HI/c1-4-17-16(18-9-10-21-12-11-20-3)19-13-15-7-5-14(2)6-8-15;/h5-8H,4,9-13H2,1-3H3,(H2,17,18,19);1H. The smallest absolute Gasteiger partial charge is 0.191 e. The van der Waals surface area contributed by atoms with Crippen LogP contribution in [0.3, 0.4) is 0 Å². The molecule has 126 valence electrons. The second-order valence-corrected chi connectivity index (χ2v) is 4.71. The summed E-state index contributed by atoms with van der Waals surface area (Å²) in [6, 6.07) is 8.43. The molecular formula is C16H28IN3O2. The number of hydrogen-bond acceptors (Lipinski definition) is 3. The molecule has 0 aliphatic carbocycles. The van der Waals surface area contributed by atoms with Crippen LogP contribution in [0, 0.1) is 6.92 Å². The molecule has 0 spiro atoms. The van der Waals surface area contributed by atoms with Gasteiger partial charge in [-0.15, -0.1) is 24.0 Å². The molecule has 0 unspecified atom stereocenters. The molecule has 0 aliphatic rings. The van der Waals surface area contributed by atoms with Gasteiger partial charge >= 0.3 is 0 Å². The van der Waals surface area contributed by atoms with Crippen molar-refractivity contribution in [3.63, 3.8) is 0 Å². The van der Waals surface area contributed by atoms with E-state index in [1.807, 2.05) is 0 Å². The Bertz CT molecular complexity index is 410. The Kier molecular flexibility index (Phi) is 13.2. The van der Waals surface area contributed by atoms with Gasteiger partial charge in [-0.1, -0.05) is 29.8 Å². The predicted octanol–water partition coefficient (Wildman–Crippen LogP) is 2.33. The highest BCUT2D eigenvalue weighted by Crippen LogP contribution is 2.04. The Hall–Kier alpha value is -0.860. The van der Waals surface area contributed by atoms with Gasteiger partial charge in [-0.3, -0.25) is 0 Å². The lowest BCUT2D eigenvalue weighted by Gasteiger charge is -2.11. The first-order valence-electron chi connectivity index (χ1n) is 7.40. The Balaban J connectivity index is 0.00000441. The molecule has 0 aromatic heterocycles. The van der Waals surface area contributed by atoms with Crippen LogP contribution in [0.2, 0.25) is 0 Å². The summed E-state index contributed by atoms with van der Waals surface area (Å²) in [7, 11) is 1.67. The number of nitrogens with zero attached hydrogens (tertiary/aromatic N) is 1. The van der Waals surface area contributed by atoms with Crippen molar-refractivity contribution in [3.05, 3.63) is 35.4 Å². The first-order valence-corrected chi connectivity index (χ1v) is 7.40. The quantitative estimate of drug-likeness (QED) is 0.278. The van der Waals surface area contributed by atoms with E-state index >= 15 is 0 Å². The van der Waals surface area contributed by atoms with Crippen molar-refractivity contribution in [3.8, 4) is 0 Å². The molecule has 2 N–H and O–H groups in total. The van der Waals surface area contributed by atoms with Crippen LogP contribution >= 0.6 is 24.0 Å². The summed E-state index contributed by atoms with van der Waals surface area (Å²) in [6.45, 7) is 8.25. The largest absolute Gasteiger partial charge is 0.382 e. The molecule has 0 amide bonds. The van der Waals surface area contributed by atoms with Gasteiger partial charge in [-0.25, -0.2) is 4.99 Å². The van der Waals surface area contributed by atoms with E-state index in [1.165, 1.54) is 11.1 Å². The number of ether oxygens (including phenoxy) is 2. The zero-order valence-electron chi connectivity index (χ0n) is 13.7. The van der Waals surface area contributed by atoms with Gasteiger partial charge in [-0.05, 0) is 19.4 Å². The molecule has 1 aromatic carbocycles. The minimum atomic E-state index is 0. The topological polar surface area (TPSA) is 54.9 Å². The van der Waals surface area contributed by atoms with Gasteiger partial charge < -0.3 is 20.1 Å². The fourth-order valence-corrected chi connectivity index (χ4v) is 1.69. The van der Waals surface area contributed by atoms with Crippen LogP contribution in [-0.2, 0) is 16.0 Å². The number of aryl methyl sites for hydroxylation is 1. The summed E-state index contributed by atoms with van der Waals surface area (Å²) in [5.74, 6) is 0.813.